The Morgan fingerprint density at radius 3 is 2.10 bits per heavy atom. The highest BCUT2D eigenvalue weighted by Gasteiger charge is 2.34. The lowest BCUT2D eigenvalue weighted by Crippen LogP contribution is -2.30. The molecule has 1 aliphatic heterocycles. The molecular weight excluding hydrogens is 394 g/mol. The SMILES string of the molecule is O=C1c2ccccc2C(=O)N1CCCCc1nonc1S(=O)(=O)c1ccccc1. The van der Waals surface area contributed by atoms with Gasteiger partial charge in [-0.3, -0.25) is 14.5 Å². The zero-order valence-corrected chi connectivity index (χ0v) is 16.1. The minimum atomic E-state index is -3.82. The van der Waals surface area contributed by atoms with E-state index in [9.17, 15) is 18.0 Å². The number of carbonyl (C=O) groups excluding carboxylic acids is 2. The Morgan fingerprint density at radius 2 is 1.45 bits per heavy atom. The maximum Gasteiger partial charge on any atom is 0.261 e. The van der Waals surface area contributed by atoms with Crippen molar-refractivity contribution in [2.75, 3.05) is 6.54 Å². The summed E-state index contributed by atoms with van der Waals surface area (Å²) >= 11 is 0. The lowest BCUT2D eigenvalue weighted by molar-refractivity contribution is 0.0651. The van der Waals surface area contributed by atoms with Gasteiger partial charge in [0.2, 0.25) is 14.9 Å². The number of imide groups is 1. The molecule has 2 aromatic carbocycles. The third-order valence-corrected chi connectivity index (χ3v) is 6.47. The van der Waals surface area contributed by atoms with E-state index >= 15 is 0 Å². The Kier molecular flexibility index (Phi) is 4.98. The minimum Gasteiger partial charge on any atom is -0.274 e. The second-order valence-electron chi connectivity index (χ2n) is 6.60. The van der Waals surface area contributed by atoms with Gasteiger partial charge in [0.05, 0.1) is 16.0 Å². The summed E-state index contributed by atoms with van der Waals surface area (Å²) in [5, 5.41) is 7.10. The highest BCUT2D eigenvalue weighted by atomic mass is 32.2. The van der Waals surface area contributed by atoms with Gasteiger partial charge in [-0.05, 0) is 48.7 Å². The highest BCUT2D eigenvalue weighted by molar-refractivity contribution is 7.91. The Bertz CT molecular complexity index is 1140. The molecule has 3 aromatic rings. The van der Waals surface area contributed by atoms with E-state index < -0.39 is 9.84 Å². The summed E-state index contributed by atoms with van der Waals surface area (Å²) in [4.78, 5) is 26.1. The average Bonchev–Trinajstić information content (AvgIpc) is 3.31. The standard InChI is InChI=1S/C20H17N3O5S/c24-19-15-10-4-5-11-16(15)20(25)23(19)13-7-6-12-17-18(22-28-21-17)29(26,27)14-8-2-1-3-9-14/h1-5,8-11H,6-7,12-13H2. The van der Waals surface area contributed by atoms with Crippen LogP contribution < -0.4 is 0 Å². The highest BCUT2D eigenvalue weighted by Crippen LogP contribution is 2.24. The van der Waals surface area contributed by atoms with Gasteiger partial charge in [-0.2, -0.15) is 0 Å². The molecule has 1 aromatic heterocycles. The van der Waals surface area contributed by atoms with E-state index in [1.165, 1.54) is 17.0 Å². The molecule has 0 saturated heterocycles. The normalized spacial score (nSPS) is 13.7. The largest absolute Gasteiger partial charge is 0.274 e. The van der Waals surface area contributed by atoms with Crippen molar-refractivity contribution < 1.29 is 22.6 Å². The fourth-order valence-corrected chi connectivity index (χ4v) is 4.59. The van der Waals surface area contributed by atoms with Gasteiger partial charge in [-0.25, -0.2) is 13.0 Å². The van der Waals surface area contributed by atoms with Crippen LogP contribution in [-0.4, -0.2) is 42.0 Å². The van der Waals surface area contributed by atoms with Gasteiger partial charge in [-0.1, -0.05) is 35.5 Å². The molecule has 0 bridgehead atoms. The Hall–Kier alpha value is -3.33. The van der Waals surface area contributed by atoms with Crippen LogP contribution in [-0.2, 0) is 16.3 Å². The molecule has 2 heterocycles. The fraction of sp³-hybridized carbons (Fsp3) is 0.200. The van der Waals surface area contributed by atoms with E-state index in [1.807, 2.05) is 0 Å². The number of sulfone groups is 1. The van der Waals surface area contributed by atoms with E-state index in [2.05, 4.69) is 14.9 Å². The van der Waals surface area contributed by atoms with Crippen LogP contribution in [0.15, 0.2) is 69.1 Å². The van der Waals surface area contributed by atoms with E-state index in [0.717, 1.165) is 0 Å². The maximum absolute atomic E-state index is 12.7. The number of nitrogens with zero attached hydrogens (tertiary/aromatic N) is 3. The molecule has 0 fully saturated rings. The van der Waals surface area contributed by atoms with Crippen molar-refractivity contribution in [3.8, 4) is 0 Å². The first-order valence-electron chi connectivity index (χ1n) is 9.07. The zero-order chi connectivity index (χ0) is 20.4. The summed E-state index contributed by atoms with van der Waals surface area (Å²) in [6.07, 6.45) is 1.32. The second kappa shape index (κ2) is 7.59. The zero-order valence-electron chi connectivity index (χ0n) is 15.3. The van der Waals surface area contributed by atoms with Crippen molar-refractivity contribution in [2.24, 2.45) is 0 Å². The Morgan fingerprint density at radius 1 is 0.828 bits per heavy atom. The maximum atomic E-state index is 12.7. The summed E-state index contributed by atoms with van der Waals surface area (Å²) in [5.41, 5.74) is 1.06. The van der Waals surface area contributed by atoms with Crippen molar-refractivity contribution in [1.82, 2.24) is 15.2 Å². The first kappa shape index (κ1) is 19.0. The van der Waals surface area contributed by atoms with Crippen LogP contribution in [0.1, 0.15) is 39.3 Å². The molecule has 0 atom stereocenters. The third-order valence-electron chi connectivity index (χ3n) is 4.75. The smallest absolute Gasteiger partial charge is 0.261 e. The molecular formula is C20H17N3O5S. The monoisotopic (exact) mass is 411 g/mol. The van der Waals surface area contributed by atoms with Gasteiger partial charge in [0, 0.05) is 6.54 Å². The topological polar surface area (TPSA) is 110 Å². The number of unbranched alkanes of at least 4 members (excludes halogenated alkanes) is 1. The quantitative estimate of drug-likeness (QED) is 0.434. The Labute approximate surface area is 167 Å². The van der Waals surface area contributed by atoms with E-state index in [1.54, 1.807) is 42.5 Å². The van der Waals surface area contributed by atoms with Gasteiger partial charge < -0.3 is 0 Å². The molecule has 8 nitrogen and oxygen atoms in total. The molecule has 29 heavy (non-hydrogen) atoms. The Balaban J connectivity index is 1.39. The van der Waals surface area contributed by atoms with Crippen LogP contribution in [0.5, 0.6) is 0 Å². The van der Waals surface area contributed by atoms with Crippen molar-refractivity contribution in [1.29, 1.82) is 0 Å². The second-order valence-corrected chi connectivity index (χ2v) is 8.46. The summed E-state index contributed by atoms with van der Waals surface area (Å²) in [6, 6.07) is 14.7. The summed E-state index contributed by atoms with van der Waals surface area (Å²) in [7, 11) is -3.82. The summed E-state index contributed by atoms with van der Waals surface area (Å²) in [6.45, 7) is 0.248. The van der Waals surface area contributed by atoms with E-state index in [0.29, 0.717) is 30.4 Å². The number of aromatic nitrogens is 2. The number of fused-ring (bicyclic) bond motifs is 1. The van der Waals surface area contributed by atoms with Crippen LogP contribution in [0.2, 0.25) is 0 Å². The summed E-state index contributed by atoms with van der Waals surface area (Å²) in [5.74, 6) is -0.609. The fourth-order valence-electron chi connectivity index (χ4n) is 3.27. The van der Waals surface area contributed by atoms with Crippen molar-refractivity contribution in [2.45, 2.75) is 29.2 Å². The van der Waals surface area contributed by atoms with Crippen LogP contribution >= 0.6 is 0 Å². The number of amides is 2. The van der Waals surface area contributed by atoms with Crippen LogP contribution in [0.4, 0.5) is 0 Å². The summed E-state index contributed by atoms with van der Waals surface area (Å²) < 4.78 is 30.1. The van der Waals surface area contributed by atoms with Gasteiger partial charge in [0.15, 0.2) is 0 Å². The molecule has 4 rings (SSSR count). The molecule has 1 aliphatic rings. The van der Waals surface area contributed by atoms with E-state index in [4.69, 9.17) is 0 Å². The predicted octanol–water partition coefficient (Wildman–Crippen LogP) is 2.52. The third kappa shape index (κ3) is 3.44. The molecule has 2 amide bonds. The molecule has 0 aliphatic carbocycles. The van der Waals surface area contributed by atoms with Crippen LogP contribution in [0, 0.1) is 0 Å². The van der Waals surface area contributed by atoms with Crippen LogP contribution in [0.3, 0.4) is 0 Å². The van der Waals surface area contributed by atoms with Crippen molar-refractivity contribution >= 4 is 21.7 Å². The number of hydrogen-bond donors (Lipinski definition) is 0. The minimum absolute atomic E-state index is 0.114. The van der Waals surface area contributed by atoms with Crippen molar-refractivity contribution in [3.05, 3.63) is 71.4 Å². The molecule has 0 saturated carbocycles. The number of carbonyl (C=O) groups is 2. The van der Waals surface area contributed by atoms with Gasteiger partial charge in [0.25, 0.3) is 11.8 Å². The van der Waals surface area contributed by atoms with E-state index in [-0.39, 0.29) is 34.0 Å². The molecule has 9 heteroatoms. The van der Waals surface area contributed by atoms with Crippen molar-refractivity contribution in [3.63, 3.8) is 0 Å². The predicted molar refractivity (Wildman–Crippen MR) is 101 cm³/mol. The van der Waals surface area contributed by atoms with Gasteiger partial charge in [-0.15, -0.1) is 0 Å². The van der Waals surface area contributed by atoms with Gasteiger partial charge >= 0.3 is 0 Å². The molecule has 148 valence electrons. The lowest BCUT2D eigenvalue weighted by Gasteiger charge is -2.13. The number of benzene rings is 2. The lowest BCUT2D eigenvalue weighted by atomic mass is 10.1. The van der Waals surface area contributed by atoms with Crippen LogP contribution in [0.25, 0.3) is 0 Å². The first-order valence-corrected chi connectivity index (χ1v) is 10.6. The van der Waals surface area contributed by atoms with Gasteiger partial charge in [0.1, 0.15) is 5.69 Å². The first-order chi connectivity index (χ1) is 14.0. The number of rotatable bonds is 7. The number of hydrogen-bond acceptors (Lipinski definition) is 7. The number of aryl methyl sites for hydroxylation is 1. The average molecular weight is 411 g/mol. The molecule has 0 unspecified atom stereocenters. The molecule has 0 radical (unpaired) electrons. The molecule has 0 spiro atoms. The molecule has 0 N–H and O–H groups in total.